The monoisotopic (exact) mass is 420 g/mol. The lowest BCUT2D eigenvalue weighted by molar-refractivity contribution is -0.110. The molecule has 1 aliphatic carbocycles. The molecule has 0 unspecified atom stereocenters. The predicted octanol–water partition coefficient (Wildman–Crippen LogP) is 4.72. The van der Waals surface area contributed by atoms with Gasteiger partial charge < -0.3 is 4.74 Å². The molecule has 3 rings (SSSR count). The molecule has 2 aromatic carbocycles. The molecule has 146 valence electrons. The number of carbonyl (C=O) groups excluding carboxylic acids is 1. The molecule has 28 heavy (non-hydrogen) atoms. The minimum absolute atomic E-state index is 0.0134. The molecule has 0 fully saturated rings. The molecule has 0 aliphatic heterocycles. The van der Waals surface area contributed by atoms with Crippen molar-refractivity contribution in [1.29, 1.82) is 0 Å². The minimum atomic E-state index is -3.29. The topological polar surface area (TPSA) is 60.4 Å². The number of hydrogen-bond donors (Lipinski definition) is 0. The van der Waals surface area contributed by atoms with Gasteiger partial charge in [0.2, 0.25) is 5.24 Å². The Morgan fingerprint density at radius 1 is 1.18 bits per heavy atom. The summed E-state index contributed by atoms with van der Waals surface area (Å²) in [5.74, 6) is -0.421. The Hall–Kier alpha value is -2.44. The quantitative estimate of drug-likeness (QED) is 0.656. The fraction of sp³-hybridized carbons (Fsp3) is 0.190. The minimum Gasteiger partial charge on any atom is -0.494 e. The Kier molecular flexibility index (Phi) is 5.46. The van der Waals surface area contributed by atoms with Crippen LogP contribution in [0.1, 0.15) is 30.0 Å². The highest BCUT2D eigenvalue weighted by Gasteiger charge is 2.27. The number of halogens is 2. The standard InChI is InChI=1S/C21H18ClFO4S/c1-12-15(8-13-4-6-14(7-5-13)28(3,25)26)17-9-19(23)20(27-2)10-18(17)16(12)11-21(22)24/h4-10H,11H2,1-3H3/b15-8-. The molecular formula is C21H18ClFO4S. The average molecular weight is 421 g/mol. The number of methoxy groups -OCH3 is 1. The molecule has 0 amide bonds. The third kappa shape index (κ3) is 3.88. The summed E-state index contributed by atoms with van der Waals surface area (Å²) in [6, 6.07) is 9.35. The van der Waals surface area contributed by atoms with Crippen molar-refractivity contribution in [2.45, 2.75) is 18.2 Å². The average Bonchev–Trinajstić information content (AvgIpc) is 2.85. The molecule has 1 aliphatic rings. The van der Waals surface area contributed by atoms with Crippen molar-refractivity contribution < 1.29 is 22.3 Å². The maximum Gasteiger partial charge on any atom is 0.226 e. The summed E-state index contributed by atoms with van der Waals surface area (Å²) in [6.45, 7) is 1.84. The first-order valence-corrected chi connectivity index (χ1v) is 10.7. The highest BCUT2D eigenvalue weighted by molar-refractivity contribution is 7.90. The zero-order valence-corrected chi connectivity index (χ0v) is 17.1. The van der Waals surface area contributed by atoms with Crippen LogP contribution in [0.15, 0.2) is 46.9 Å². The van der Waals surface area contributed by atoms with Crippen molar-refractivity contribution in [3.63, 3.8) is 0 Å². The van der Waals surface area contributed by atoms with E-state index in [1.54, 1.807) is 18.2 Å². The van der Waals surface area contributed by atoms with Crippen LogP contribution in [0.2, 0.25) is 0 Å². The van der Waals surface area contributed by atoms with Gasteiger partial charge in [-0.25, -0.2) is 12.8 Å². The van der Waals surface area contributed by atoms with Gasteiger partial charge in [0.05, 0.1) is 12.0 Å². The summed E-state index contributed by atoms with van der Waals surface area (Å²) < 4.78 is 42.6. The van der Waals surface area contributed by atoms with E-state index in [-0.39, 0.29) is 17.1 Å². The number of fused-ring (bicyclic) bond motifs is 1. The molecule has 0 saturated carbocycles. The van der Waals surface area contributed by atoms with E-state index in [9.17, 15) is 17.6 Å². The summed E-state index contributed by atoms with van der Waals surface area (Å²) in [5.41, 5.74) is 4.36. The van der Waals surface area contributed by atoms with Crippen LogP contribution in [0.5, 0.6) is 5.75 Å². The van der Waals surface area contributed by atoms with Gasteiger partial charge in [0.15, 0.2) is 21.4 Å². The van der Waals surface area contributed by atoms with Crippen molar-refractivity contribution in [1.82, 2.24) is 0 Å². The Morgan fingerprint density at radius 3 is 2.36 bits per heavy atom. The van der Waals surface area contributed by atoms with E-state index < -0.39 is 20.9 Å². The normalized spacial score (nSPS) is 15.1. The van der Waals surface area contributed by atoms with E-state index in [0.29, 0.717) is 16.7 Å². The van der Waals surface area contributed by atoms with Gasteiger partial charge in [0.1, 0.15) is 0 Å². The van der Waals surface area contributed by atoms with Crippen LogP contribution in [0.3, 0.4) is 0 Å². The van der Waals surface area contributed by atoms with Gasteiger partial charge in [-0.2, -0.15) is 0 Å². The summed E-state index contributed by atoms with van der Waals surface area (Å²) in [4.78, 5) is 11.7. The second kappa shape index (κ2) is 7.53. The molecule has 0 N–H and O–H groups in total. The summed E-state index contributed by atoms with van der Waals surface area (Å²) in [7, 11) is -1.91. The van der Waals surface area contributed by atoms with Crippen molar-refractivity contribution in [2.24, 2.45) is 0 Å². The lowest BCUT2D eigenvalue weighted by Crippen LogP contribution is -1.96. The highest BCUT2D eigenvalue weighted by atomic mass is 35.5. The third-order valence-corrected chi connectivity index (χ3v) is 5.96. The van der Waals surface area contributed by atoms with Crippen molar-refractivity contribution >= 4 is 43.9 Å². The second-order valence-corrected chi connectivity index (χ2v) is 9.00. The third-order valence-electron chi connectivity index (χ3n) is 4.70. The van der Waals surface area contributed by atoms with Gasteiger partial charge in [-0.1, -0.05) is 12.1 Å². The van der Waals surface area contributed by atoms with Gasteiger partial charge in [-0.15, -0.1) is 0 Å². The lowest BCUT2D eigenvalue weighted by atomic mass is 10.00. The number of hydrogen-bond acceptors (Lipinski definition) is 4. The summed E-state index contributed by atoms with van der Waals surface area (Å²) in [5, 5.41) is -0.512. The Labute approximate surface area is 168 Å². The number of benzene rings is 2. The Morgan fingerprint density at radius 2 is 1.82 bits per heavy atom. The second-order valence-electron chi connectivity index (χ2n) is 6.57. The maximum atomic E-state index is 14.3. The first-order valence-electron chi connectivity index (χ1n) is 8.40. The van der Waals surface area contributed by atoms with E-state index in [1.807, 2.05) is 13.0 Å². The van der Waals surface area contributed by atoms with E-state index >= 15 is 0 Å². The molecule has 0 aromatic heterocycles. The molecule has 0 saturated heterocycles. The maximum absolute atomic E-state index is 14.3. The first-order chi connectivity index (χ1) is 13.1. The smallest absolute Gasteiger partial charge is 0.226 e. The molecule has 0 spiro atoms. The van der Waals surface area contributed by atoms with Gasteiger partial charge in [0, 0.05) is 12.7 Å². The fourth-order valence-electron chi connectivity index (χ4n) is 3.28. The van der Waals surface area contributed by atoms with Crippen LogP contribution < -0.4 is 4.74 Å². The number of allylic oxidation sites excluding steroid dienone is 3. The van der Waals surface area contributed by atoms with E-state index in [2.05, 4.69) is 0 Å². The molecule has 0 bridgehead atoms. The molecule has 0 radical (unpaired) electrons. The first kappa shape index (κ1) is 20.3. The van der Waals surface area contributed by atoms with Gasteiger partial charge in [-0.05, 0) is 82.3 Å². The van der Waals surface area contributed by atoms with E-state index in [1.165, 1.54) is 25.3 Å². The number of sulfone groups is 1. The Balaban J connectivity index is 2.15. The summed E-state index contributed by atoms with van der Waals surface area (Å²) >= 11 is 5.61. The zero-order chi connectivity index (χ0) is 20.6. The predicted molar refractivity (Wildman–Crippen MR) is 108 cm³/mol. The fourth-order valence-corrected chi connectivity index (χ4v) is 4.04. The van der Waals surface area contributed by atoms with Crippen LogP contribution >= 0.6 is 11.6 Å². The number of rotatable bonds is 5. The van der Waals surface area contributed by atoms with Crippen LogP contribution in [0.4, 0.5) is 4.39 Å². The van der Waals surface area contributed by atoms with Gasteiger partial charge in [-0.3, -0.25) is 4.79 Å². The van der Waals surface area contributed by atoms with Crippen LogP contribution in [-0.4, -0.2) is 27.0 Å². The van der Waals surface area contributed by atoms with E-state index in [0.717, 1.165) is 23.0 Å². The van der Waals surface area contributed by atoms with Gasteiger partial charge >= 0.3 is 0 Å². The van der Waals surface area contributed by atoms with Crippen LogP contribution in [0.25, 0.3) is 17.2 Å². The van der Waals surface area contributed by atoms with Crippen LogP contribution in [0, 0.1) is 5.82 Å². The zero-order valence-electron chi connectivity index (χ0n) is 15.5. The number of ether oxygens (including phenoxy) is 1. The Bertz CT molecular complexity index is 1130. The molecule has 4 nitrogen and oxygen atoms in total. The van der Waals surface area contributed by atoms with E-state index in [4.69, 9.17) is 16.3 Å². The molecule has 2 aromatic rings. The molecule has 0 heterocycles. The molecule has 0 atom stereocenters. The summed E-state index contributed by atoms with van der Waals surface area (Å²) in [6.07, 6.45) is 2.99. The largest absolute Gasteiger partial charge is 0.494 e. The van der Waals surface area contributed by atoms with Gasteiger partial charge in [0.25, 0.3) is 0 Å². The number of carbonyl (C=O) groups is 1. The lowest BCUT2D eigenvalue weighted by Gasteiger charge is -2.09. The SMILES string of the molecule is COc1cc2c(cc1F)/C(=C\c1ccc(S(C)(=O)=O)cc1)C(C)=C2CC(=O)Cl. The van der Waals surface area contributed by atoms with Crippen molar-refractivity contribution in [2.75, 3.05) is 13.4 Å². The van der Waals surface area contributed by atoms with Crippen molar-refractivity contribution in [3.05, 3.63) is 64.5 Å². The highest BCUT2D eigenvalue weighted by Crippen LogP contribution is 2.45. The molecular weight excluding hydrogens is 403 g/mol. The van der Waals surface area contributed by atoms with Crippen molar-refractivity contribution in [3.8, 4) is 5.75 Å². The van der Waals surface area contributed by atoms with Crippen LogP contribution in [-0.2, 0) is 14.6 Å². The molecule has 7 heteroatoms.